The Hall–Kier alpha value is -3.55. The van der Waals surface area contributed by atoms with E-state index in [1.54, 1.807) is 57.2 Å². The first-order chi connectivity index (χ1) is 13.2. The molecule has 0 radical (unpaired) electrons. The van der Waals surface area contributed by atoms with Gasteiger partial charge in [-0.2, -0.15) is 4.80 Å². The predicted octanol–water partition coefficient (Wildman–Crippen LogP) is 3.04. The quantitative estimate of drug-likeness (QED) is 0.535. The molecular formula is C20H20N4O4. The van der Waals surface area contributed by atoms with Crippen LogP contribution in [0.1, 0.15) is 36.7 Å². The number of benzene rings is 2. The lowest BCUT2D eigenvalue weighted by Crippen LogP contribution is -2.25. The third-order valence-corrected chi connectivity index (χ3v) is 3.91. The smallest absolute Gasteiger partial charge is 0.335 e. The highest BCUT2D eigenvalue weighted by Crippen LogP contribution is 2.22. The summed E-state index contributed by atoms with van der Waals surface area (Å²) in [5.74, 6) is -0.381. The number of hydrogen-bond donors (Lipinski definition) is 1. The van der Waals surface area contributed by atoms with Crippen LogP contribution in [0.3, 0.4) is 0 Å². The standard InChI is InChI=1S/C20H20N4O4/c1-20(2,3)19(27)28-16-10-8-14(9-11-16)17-21-23-24(22-17)12-13-4-6-15(7-5-13)18(25)26/h4-11H,12H2,1-3H3,(H,25,26). The van der Waals surface area contributed by atoms with Gasteiger partial charge in [-0.15, -0.1) is 10.2 Å². The van der Waals surface area contributed by atoms with E-state index in [1.165, 1.54) is 16.9 Å². The molecule has 0 amide bonds. The van der Waals surface area contributed by atoms with Gasteiger partial charge in [0.05, 0.1) is 17.5 Å². The molecule has 0 aliphatic rings. The van der Waals surface area contributed by atoms with E-state index in [0.29, 0.717) is 18.1 Å². The second-order valence-electron chi connectivity index (χ2n) is 7.31. The van der Waals surface area contributed by atoms with E-state index in [-0.39, 0.29) is 11.5 Å². The zero-order chi connectivity index (χ0) is 20.3. The molecule has 0 spiro atoms. The molecule has 3 rings (SSSR count). The van der Waals surface area contributed by atoms with Gasteiger partial charge in [-0.3, -0.25) is 4.79 Å². The molecule has 8 nitrogen and oxygen atoms in total. The van der Waals surface area contributed by atoms with Gasteiger partial charge in [0.2, 0.25) is 5.82 Å². The molecule has 0 aliphatic carbocycles. The Bertz CT molecular complexity index is 986. The molecule has 0 unspecified atom stereocenters. The largest absolute Gasteiger partial charge is 0.478 e. The molecule has 0 atom stereocenters. The van der Waals surface area contributed by atoms with Crippen molar-refractivity contribution in [1.29, 1.82) is 0 Å². The van der Waals surface area contributed by atoms with Gasteiger partial charge in [-0.25, -0.2) is 4.79 Å². The second-order valence-corrected chi connectivity index (χ2v) is 7.31. The minimum absolute atomic E-state index is 0.225. The molecule has 28 heavy (non-hydrogen) atoms. The van der Waals surface area contributed by atoms with Crippen molar-refractivity contribution in [3.8, 4) is 17.1 Å². The first-order valence-corrected chi connectivity index (χ1v) is 8.65. The summed E-state index contributed by atoms with van der Waals surface area (Å²) in [6, 6.07) is 13.4. The molecule has 0 aliphatic heterocycles. The van der Waals surface area contributed by atoms with Crippen molar-refractivity contribution < 1.29 is 19.4 Å². The Morgan fingerprint density at radius 3 is 2.25 bits per heavy atom. The van der Waals surface area contributed by atoms with Crippen LogP contribution in [0.25, 0.3) is 11.4 Å². The summed E-state index contributed by atoms with van der Waals surface area (Å²) in [5, 5.41) is 21.3. The van der Waals surface area contributed by atoms with Crippen molar-refractivity contribution in [1.82, 2.24) is 20.2 Å². The van der Waals surface area contributed by atoms with Crippen molar-refractivity contribution in [2.24, 2.45) is 5.41 Å². The molecule has 1 heterocycles. The Kier molecular flexibility index (Phi) is 5.21. The van der Waals surface area contributed by atoms with Crippen LogP contribution in [0.15, 0.2) is 48.5 Å². The molecule has 0 bridgehead atoms. The van der Waals surface area contributed by atoms with Gasteiger partial charge in [0.15, 0.2) is 0 Å². The average molecular weight is 380 g/mol. The Labute approximate surface area is 161 Å². The van der Waals surface area contributed by atoms with Crippen molar-refractivity contribution in [2.75, 3.05) is 0 Å². The summed E-state index contributed by atoms with van der Waals surface area (Å²) in [7, 11) is 0. The van der Waals surface area contributed by atoms with Crippen LogP contribution in [-0.2, 0) is 11.3 Å². The maximum Gasteiger partial charge on any atom is 0.335 e. The highest BCUT2D eigenvalue weighted by molar-refractivity contribution is 5.87. The third kappa shape index (κ3) is 4.59. The van der Waals surface area contributed by atoms with Gasteiger partial charge in [0.1, 0.15) is 5.75 Å². The van der Waals surface area contributed by atoms with E-state index in [9.17, 15) is 9.59 Å². The minimum Gasteiger partial charge on any atom is -0.478 e. The minimum atomic E-state index is -0.968. The summed E-state index contributed by atoms with van der Waals surface area (Å²) in [5.41, 5.74) is 1.25. The summed E-state index contributed by atoms with van der Waals surface area (Å²) in [4.78, 5) is 24.3. The number of rotatable bonds is 5. The van der Waals surface area contributed by atoms with E-state index >= 15 is 0 Å². The summed E-state index contributed by atoms with van der Waals surface area (Å²) in [6.45, 7) is 5.75. The van der Waals surface area contributed by atoms with E-state index in [2.05, 4.69) is 15.4 Å². The number of carbonyl (C=O) groups excluding carboxylic acids is 1. The van der Waals surface area contributed by atoms with E-state index in [4.69, 9.17) is 9.84 Å². The average Bonchev–Trinajstić information content (AvgIpc) is 3.10. The second kappa shape index (κ2) is 7.59. The van der Waals surface area contributed by atoms with E-state index < -0.39 is 11.4 Å². The molecule has 8 heteroatoms. The van der Waals surface area contributed by atoms with Crippen molar-refractivity contribution in [3.05, 3.63) is 59.7 Å². The van der Waals surface area contributed by atoms with Crippen LogP contribution in [-0.4, -0.2) is 37.3 Å². The Morgan fingerprint density at radius 2 is 1.68 bits per heavy atom. The van der Waals surface area contributed by atoms with Crippen LogP contribution in [0.2, 0.25) is 0 Å². The van der Waals surface area contributed by atoms with Crippen LogP contribution in [0, 0.1) is 5.41 Å². The lowest BCUT2D eigenvalue weighted by atomic mass is 9.97. The molecule has 0 fully saturated rings. The molecule has 0 saturated heterocycles. The maximum absolute atomic E-state index is 11.9. The lowest BCUT2D eigenvalue weighted by molar-refractivity contribution is -0.143. The molecule has 1 N–H and O–H groups in total. The zero-order valence-electron chi connectivity index (χ0n) is 15.8. The van der Waals surface area contributed by atoms with Crippen LogP contribution >= 0.6 is 0 Å². The first kappa shape index (κ1) is 19.2. The monoisotopic (exact) mass is 380 g/mol. The van der Waals surface area contributed by atoms with Gasteiger partial charge in [0.25, 0.3) is 0 Å². The summed E-state index contributed by atoms with van der Waals surface area (Å²) >= 11 is 0. The molecule has 2 aromatic carbocycles. The van der Waals surface area contributed by atoms with Gasteiger partial charge in [-0.1, -0.05) is 12.1 Å². The Morgan fingerprint density at radius 1 is 1.04 bits per heavy atom. The molecule has 0 saturated carbocycles. The number of esters is 1. The predicted molar refractivity (Wildman–Crippen MR) is 101 cm³/mol. The van der Waals surface area contributed by atoms with E-state index in [1.807, 2.05) is 0 Å². The summed E-state index contributed by atoms with van der Waals surface area (Å²) < 4.78 is 5.34. The highest BCUT2D eigenvalue weighted by Gasteiger charge is 2.23. The van der Waals surface area contributed by atoms with Crippen molar-refractivity contribution in [2.45, 2.75) is 27.3 Å². The third-order valence-electron chi connectivity index (χ3n) is 3.91. The van der Waals surface area contributed by atoms with Crippen LogP contribution < -0.4 is 4.74 Å². The SMILES string of the molecule is CC(C)(C)C(=O)Oc1ccc(-c2nnn(Cc3ccc(C(=O)O)cc3)n2)cc1. The van der Waals surface area contributed by atoms with Gasteiger partial charge < -0.3 is 9.84 Å². The fraction of sp³-hybridized carbons (Fsp3) is 0.250. The maximum atomic E-state index is 11.9. The van der Waals surface area contributed by atoms with Gasteiger partial charge in [-0.05, 0) is 67.9 Å². The number of aromatic nitrogens is 4. The summed E-state index contributed by atoms with van der Waals surface area (Å²) in [6.07, 6.45) is 0. The first-order valence-electron chi connectivity index (χ1n) is 8.65. The zero-order valence-corrected chi connectivity index (χ0v) is 15.8. The van der Waals surface area contributed by atoms with E-state index in [0.717, 1.165) is 11.1 Å². The highest BCUT2D eigenvalue weighted by atomic mass is 16.5. The Balaban J connectivity index is 1.68. The number of carboxylic acid groups (broad SMARTS) is 1. The number of carboxylic acids is 1. The number of aromatic carboxylic acids is 1. The fourth-order valence-electron chi connectivity index (χ4n) is 2.27. The number of tetrazole rings is 1. The van der Waals surface area contributed by atoms with Crippen LogP contribution in [0.5, 0.6) is 5.75 Å². The fourth-order valence-corrected chi connectivity index (χ4v) is 2.27. The number of hydrogen-bond acceptors (Lipinski definition) is 6. The molecular weight excluding hydrogens is 360 g/mol. The topological polar surface area (TPSA) is 107 Å². The lowest BCUT2D eigenvalue weighted by Gasteiger charge is -2.16. The van der Waals surface area contributed by atoms with Crippen molar-refractivity contribution >= 4 is 11.9 Å². The number of ether oxygens (including phenoxy) is 1. The van der Waals surface area contributed by atoms with Gasteiger partial charge >= 0.3 is 11.9 Å². The number of carbonyl (C=O) groups is 2. The number of nitrogens with zero attached hydrogens (tertiary/aromatic N) is 4. The van der Waals surface area contributed by atoms with Crippen LogP contribution in [0.4, 0.5) is 0 Å². The molecule has 1 aromatic heterocycles. The molecule has 144 valence electrons. The van der Waals surface area contributed by atoms with Crippen molar-refractivity contribution in [3.63, 3.8) is 0 Å². The normalized spacial score (nSPS) is 11.2. The molecule has 3 aromatic rings. The van der Waals surface area contributed by atoms with Gasteiger partial charge in [0, 0.05) is 5.56 Å².